The van der Waals surface area contributed by atoms with Gasteiger partial charge < -0.3 is 15.2 Å². The van der Waals surface area contributed by atoms with E-state index in [0.29, 0.717) is 48.4 Å². The summed E-state index contributed by atoms with van der Waals surface area (Å²) in [7, 11) is 1.85. The molecule has 0 spiro atoms. The average molecular weight is 470 g/mol. The molecule has 2 atom stereocenters. The van der Waals surface area contributed by atoms with Crippen molar-refractivity contribution in [2.75, 3.05) is 5.32 Å². The molecule has 2 saturated carbocycles. The van der Waals surface area contributed by atoms with E-state index in [-0.39, 0.29) is 12.0 Å². The molecule has 174 valence electrons. The van der Waals surface area contributed by atoms with E-state index in [9.17, 15) is 9.90 Å². The summed E-state index contributed by atoms with van der Waals surface area (Å²) in [6.07, 6.45) is 5.27. The van der Waals surface area contributed by atoms with Crippen molar-refractivity contribution >= 4 is 23.5 Å². The Labute approximate surface area is 195 Å². The molecule has 33 heavy (non-hydrogen) atoms. The fourth-order valence-corrected chi connectivity index (χ4v) is 5.00. The van der Waals surface area contributed by atoms with Crippen LogP contribution in [0.1, 0.15) is 60.8 Å². The molecule has 2 unspecified atom stereocenters. The Hall–Kier alpha value is -3.08. The number of aliphatic carboxylic acids is 1. The van der Waals surface area contributed by atoms with E-state index in [0.717, 1.165) is 29.2 Å². The second-order valence-corrected chi connectivity index (χ2v) is 9.60. The SMILES string of the molecule is Cc1nc(-c2nnn(C)c2CNc2nsc(C3CC3)n2)ccc1OC1CCCC(C(=O)O)C1. The molecule has 10 nitrogen and oxygen atoms in total. The third-order valence-electron chi connectivity index (χ3n) is 6.27. The van der Waals surface area contributed by atoms with Crippen LogP contribution in [0.4, 0.5) is 5.95 Å². The molecule has 3 aromatic rings. The molecule has 5 rings (SSSR count). The molecule has 3 aromatic heterocycles. The van der Waals surface area contributed by atoms with E-state index in [1.54, 1.807) is 4.68 Å². The number of aromatic nitrogens is 6. The predicted octanol–water partition coefficient (Wildman–Crippen LogP) is 3.55. The van der Waals surface area contributed by atoms with Gasteiger partial charge in [0.15, 0.2) is 0 Å². The summed E-state index contributed by atoms with van der Waals surface area (Å²) < 4.78 is 12.3. The van der Waals surface area contributed by atoms with Crippen LogP contribution in [0.15, 0.2) is 12.1 Å². The van der Waals surface area contributed by atoms with Crippen molar-refractivity contribution in [3.8, 4) is 17.1 Å². The highest BCUT2D eigenvalue weighted by atomic mass is 32.1. The molecule has 0 radical (unpaired) electrons. The van der Waals surface area contributed by atoms with E-state index < -0.39 is 5.97 Å². The number of pyridine rings is 1. The van der Waals surface area contributed by atoms with Crippen molar-refractivity contribution in [1.29, 1.82) is 0 Å². The van der Waals surface area contributed by atoms with E-state index in [4.69, 9.17) is 9.72 Å². The topological polar surface area (TPSA) is 128 Å². The van der Waals surface area contributed by atoms with E-state index in [2.05, 4.69) is 25.0 Å². The minimum absolute atomic E-state index is 0.103. The van der Waals surface area contributed by atoms with Gasteiger partial charge in [-0.3, -0.25) is 4.79 Å². The molecule has 0 aromatic carbocycles. The molecule has 2 aliphatic carbocycles. The number of ether oxygens (including phenoxy) is 1. The molecule has 2 N–H and O–H groups in total. The lowest BCUT2D eigenvalue weighted by Gasteiger charge is -2.27. The Kier molecular flexibility index (Phi) is 5.96. The first-order chi connectivity index (χ1) is 16.0. The normalized spacial score (nSPS) is 20.5. The zero-order chi connectivity index (χ0) is 22.9. The molecule has 2 aliphatic rings. The van der Waals surface area contributed by atoms with Crippen LogP contribution in [0.2, 0.25) is 0 Å². The van der Waals surface area contributed by atoms with Crippen molar-refractivity contribution in [2.24, 2.45) is 13.0 Å². The average Bonchev–Trinajstić information content (AvgIpc) is 3.43. The van der Waals surface area contributed by atoms with Crippen LogP contribution < -0.4 is 10.1 Å². The van der Waals surface area contributed by atoms with Gasteiger partial charge in [-0.1, -0.05) is 5.21 Å². The van der Waals surface area contributed by atoms with Gasteiger partial charge in [0, 0.05) is 13.0 Å². The van der Waals surface area contributed by atoms with Gasteiger partial charge >= 0.3 is 5.97 Å². The molecule has 0 amide bonds. The summed E-state index contributed by atoms with van der Waals surface area (Å²) in [4.78, 5) is 20.6. The quantitative estimate of drug-likeness (QED) is 0.509. The van der Waals surface area contributed by atoms with Crippen molar-refractivity contribution in [1.82, 2.24) is 29.3 Å². The monoisotopic (exact) mass is 469 g/mol. The number of anilines is 1. The van der Waals surface area contributed by atoms with Gasteiger partial charge in [-0.15, -0.1) is 5.10 Å². The highest BCUT2D eigenvalue weighted by Gasteiger charge is 2.29. The number of hydrogen-bond donors (Lipinski definition) is 2. The van der Waals surface area contributed by atoms with Gasteiger partial charge in [-0.25, -0.2) is 14.6 Å². The molecular weight excluding hydrogens is 442 g/mol. The summed E-state index contributed by atoms with van der Waals surface area (Å²) in [6.45, 7) is 2.38. The highest BCUT2D eigenvalue weighted by molar-refractivity contribution is 7.05. The molecule has 0 saturated heterocycles. The number of rotatable bonds is 8. The molecular formula is C22H27N7O3S. The zero-order valence-electron chi connectivity index (χ0n) is 18.7. The van der Waals surface area contributed by atoms with Crippen LogP contribution >= 0.6 is 11.5 Å². The van der Waals surface area contributed by atoms with Gasteiger partial charge in [0.2, 0.25) is 5.95 Å². The number of aryl methyl sites for hydroxylation is 2. The lowest BCUT2D eigenvalue weighted by molar-refractivity contribution is -0.143. The minimum Gasteiger partial charge on any atom is -0.489 e. The first-order valence-electron chi connectivity index (χ1n) is 11.3. The summed E-state index contributed by atoms with van der Waals surface area (Å²) in [5.74, 6) is 0.822. The number of hydrogen-bond acceptors (Lipinski definition) is 9. The molecule has 11 heteroatoms. The maximum absolute atomic E-state index is 11.3. The van der Waals surface area contributed by atoms with Gasteiger partial charge in [0.1, 0.15) is 16.5 Å². The van der Waals surface area contributed by atoms with Gasteiger partial charge in [-0.2, -0.15) is 4.37 Å². The van der Waals surface area contributed by atoms with Crippen LogP contribution in [0.25, 0.3) is 11.4 Å². The van der Waals surface area contributed by atoms with Crippen LogP contribution in [0.5, 0.6) is 5.75 Å². The zero-order valence-corrected chi connectivity index (χ0v) is 19.5. The van der Waals surface area contributed by atoms with Crippen molar-refractivity contribution < 1.29 is 14.6 Å². The number of nitrogens with one attached hydrogen (secondary N) is 1. The predicted molar refractivity (Wildman–Crippen MR) is 122 cm³/mol. The first-order valence-corrected chi connectivity index (χ1v) is 12.1. The number of nitrogens with zero attached hydrogens (tertiary/aromatic N) is 6. The van der Waals surface area contributed by atoms with E-state index in [1.807, 2.05) is 26.1 Å². The summed E-state index contributed by atoms with van der Waals surface area (Å²) in [5, 5.41) is 22.2. The Morgan fingerprint density at radius 2 is 2.12 bits per heavy atom. The molecule has 0 bridgehead atoms. The van der Waals surface area contributed by atoms with Gasteiger partial charge in [0.25, 0.3) is 0 Å². The smallest absolute Gasteiger partial charge is 0.306 e. The van der Waals surface area contributed by atoms with Crippen LogP contribution in [-0.2, 0) is 18.4 Å². The Morgan fingerprint density at radius 1 is 1.27 bits per heavy atom. The number of carboxylic acids is 1. The first kappa shape index (κ1) is 21.7. The molecule has 0 aliphatic heterocycles. The second-order valence-electron chi connectivity index (χ2n) is 8.81. The second kappa shape index (κ2) is 9.05. The highest BCUT2D eigenvalue weighted by Crippen LogP contribution is 2.41. The number of carboxylic acid groups (broad SMARTS) is 1. The van der Waals surface area contributed by atoms with Crippen molar-refractivity contribution in [3.63, 3.8) is 0 Å². The largest absolute Gasteiger partial charge is 0.489 e. The standard InChI is InChI=1S/C22H27N7O3S/c1-12-18(32-15-5-3-4-14(10-15)21(30)31)9-8-16(24-12)19-17(29(2)28-26-19)11-23-22-25-20(33-27-22)13-6-7-13/h8-9,13-15H,3-7,10-11H2,1-2H3,(H,23,27)(H,30,31). The molecule has 3 heterocycles. The summed E-state index contributed by atoms with van der Waals surface area (Å²) in [5.41, 5.74) is 3.03. The van der Waals surface area contributed by atoms with E-state index in [1.165, 1.54) is 24.4 Å². The Bertz CT molecular complexity index is 1160. The third-order valence-corrected chi connectivity index (χ3v) is 7.15. The molecule has 2 fully saturated rings. The van der Waals surface area contributed by atoms with Crippen LogP contribution in [0.3, 0.4) is 0 Å². The van der Waals surface area contributed by atoms with Gasteiger partial charge in [-0.05, 0) is 69.1 Å². The van der Waals surface area contributed by atoms with E-state index >= 15 is 0 Å². The van der Waals surface area contributed by atoms with Crippen molar-refractivity contribution in [2.45, 2.75) is 64.0 Å². The fraction of sp³-hybridized carbons (Fsp3) is 0.545. The van der Waals surface area contributed by atoms with Crippen molar-refractivity contribution in [3.05, 3.63) is 28.5 Å². The van der Waals surface area contributed by atoms with Crippen LogP contribution in [0, 0.1) is 12.8 Å². The third kappa shape index (κ3) is 4.82. The van der Waals surface area contributed by atoms with Crippen LogP contribution in [-0.4, -0.2) is 46.5 Å². The fourth-order valence-electron chi connectivity index (χ4n) is 4.20. The lowest BCUT2D eigenvalue weighted by Crippen LogP contribution is -2.29. The Morgan fingerprint density at radius 3 is 2.88 bits per heavy atom. The Balaban J connectivity index is 1.28. The number of carbonyl (C=O) groups is 1. The lowest BCUT2D eigenvalue weighted by atomic mass is 9.87. The minimum atomic E-state index is -0.742. The summed E-state index contributed by atoms with van der Waals surface area (Å²) >= 11 is 1.46. The maximum Gasteiger partial charge on any atom is 0.306 e. The summed E-state index contributed by atoms with van der Waals surface area (Å²) in [6, 6.07) is 3.76. The van der Waals surface area contributed by atoms with Gasteiger partial charge in [0.05, 0.1) is 35.6 Å². The maximum atomic E-state index is 11.3.